The van der Waals surface area contributed by atoms with Crippen molar-refractivity contribution in [3.05, 3.63) is 17.5 Å². The van der Waals surface area contributed by atoms with Gasteiger partial charge >= 0.3 is 6.09 Å². The molecule has 2 heterocycles. The third kappa shape index (κ3) is 4.47. The number of carbonyl (C=O) groups excluding carboxylic acids is 2. The van der Waals surface area contributed by atoms with Crippen molar-refractivity contribution in [3.8, 4) is 0 Å². The van der Waals surface area contributed by atoms with Gasteiger partial charge in [0.15, 0.2) is 0 Å². The van der Waals surface area contributed by atoms with Crippen LogP contribution in [0.1, 0.15) is 44.5 Å². The number of rotatable bonds is 5. The van der Waals surface area contributed by atoms with Crippen LogP contribution in [0.15, 0.2) is 6.07 Å². The van der Waals surface area contributed by atoms with Crippen LogP contribution in [0.4, 0.5) is 4.79 Å². The van der Waals surface area contributed by atoms with E-state index in [4.69, 9.17) is 4.74 Å². The van der Waals surface area contributed by atoms with E-state index in [1.54, 1.807) is 6.92 Å². The summed E-state index contributed by atoms with van der Waals surface area (Å²) in [5, 5.41) is 7.18. The van der Waals surface area contributed by atoms with Gasteiger partial charge < -0.3 is 15.0 Å². The molecule has 0 saturated carbocycles. The van der Waals surface area contributed by atoms with Gasteiger partial charge in [0, 0.05) is 20.0 Å². The second-order valence-corrected chi connectivity index (χ2v) is 5.49. The fourth-order valence-electron chi connectivity index (χ4n) is 2.40. The lowest BCUT2D eigenvalue weighted by atomic mass is 10.3. The summed E-state index contributed by atoms with van der Waals surface area (Å²) in [6.07, 6.45) is 2.34. The highest BCUT2D eigenvalue weighted by Gasteiger charge is 2.18. The summed E-state index contributed by atoms with van der Waals surface area (Å²) in [5.41, 5.74) is 1.79. The molecule has 0 unspecified atom stereocenters. The molecule has 0 fully saturated rings. The average Bonchev–Trinajstić information content (AvgIpc) is 2.75. The zero-order valence-electron chi connectivity index (χ0n) is 13.3. The molecule has 7 heteroatoms. The van der Waals surface area contributed by atoms with Gasteiger partial charge in [-0.15, -0.1) is 0 Å². The highest BCUT2D eigenvalue weighted by molar-refractivity contribution is 5.73. The minimum absolute atomic E-state index is 0.0776. The Bertz CT molecular complexity index is 527. The van der Waals surface area contributed by atoms with E-state index >= 15 is 0 Å². The highest BCUT2D eigenvalue weighted by Crippen LogP contribution is 2.14. The molecule has 2 rings (SSSR count). The summed E-state index contributed by atoms with van der Waals surface area (Å²) in [6, 6.07) is 1.94. The third-order valence-corrected chi connectivity index (χ3v) is 3.65. The van der Waals surface area contributed by atoms with E-state index < -0.39 is 6.09 Å². The summed E-state index contributed by atoms with van der Waals surface area (Å²) in [7, 11) is 0. The van der Waals surface area contributed by atoms with E-state index in [1.807, 2.05) is 22.6 Å². The van der Waals surface area contributed by atoms with Crippen molar-refractivity contribution in [1.29, 1.82) is 0 Å². The van der Waals surface area contributed by atoms with E-state index in [2.05, 4.69) is 10.4 Å². The number of amides is 2. The first-order valence-corrected chi connectivity index (χ1v) is 7.82. The lowest BCUT2D eigenvalue weighted by Crippen LogP contribution is -2.28. The lowest BCUT2D eigenvalue weighted by Gasteiger charge is -2.17. The highest BCUT2D eigenvalue weighted by atomic mass is 16.5. The second kappa shape index (κ2) is 7.82. The summed E-state index contributed by atoms with van der Waals surface area (Å²) in [5.74, 6) is 0.0776. The number of carbonyl (C=O) groups is 2. The zero-order chi connectivity index (χ0) is 15.9. The van der Waals surface area contributed by atoms with Crippen molar-refractivity contribution >= 4 is 12.0 Å². The molecule has 0 bridgehead atoms. The van der Waals surface area contributed by atoms with E-state index in [1.165, 1.54) is 0 Å². The Morgan fingerprint density at radius 2 is 2.23 bits per heavy atom. The molecule has 22 heavy (non-hydrogen) atoms. The maximum atomic E-state index is 11.5. The van der Waals surface area contributed by atoms with Crippen LogP contribution in [0.5, 0.6) is 0 Å². The molecule has 0 aliphatic carbocycles. The number of hydrogen-bond donors (Lipinski definition) is 1. The Labute approximate surface area is 130 Å². The molecule has 1 aromatic rings. The standard InChI is InChI=1S/C15H24N4O3/c1-3-4-8-22-15(21)16-10-13-9-14-11-18(12(2)20)6-5-7-19(14)17-13/h9H,3-8,10-11H2,1-2H3,(H,16,21). The lowest BCUT2D eigenvalue weighted by molar-refractivity contribution is -0.129. The molecular weight excluding hydrogens is 284 g/mol. The Hall–Kier alpha value is -2.05. The molecule has 0 spiro atoms. The topological polar surface area (TPSA) is 76.5 Å². The molecule has 0 saturated heterocycles. The maximum Gasteiger partial charge on any atom is 0.407 e. The summed E-state index contributed by atoms with van der Waals surface area (Å²) in [4.78, 5) is 24.9. The van der Waals surface area contributed by atoms with Gasteiger partial charge in [0.1, 0.15) is 0 Å². The molecule has 122 valence electrons. The van der Waals surface area contributed by atoms with Crippen molar-refractivity contribution in [2.45, 2.75) is 52.7 Å². The normalized spacial score (nSPS) is 14.2. The van der Waals surface area contributed by atoms with Crippen LogP contribution in [-0.4, -0.2) is 39.8 Å². The average molecular weight is 308 g/mol. The SMILES string of the molecule is CCCCOC(=O)NCc1cc2n(n1)CCCN(C(C)=O)C2. The largest absolute Gasteiger partial charge is 0.450 e. The Balaban J connectivity index is 1.88. The summed E-state index contributed by atoms with van der Waals surface area (Å²) < 4.78 is 6.96. The molecule has 7 nitrogen and oxygen atoms in total. The fraction of sp³-hybridized carbons (Fsp3) is 0.667. The van der Waals surface area contributed by atoms with Gasteiger partial charge in [0.05, 0.1) is 31.1 Å². The van der Waals surface area contributed by atoms with E-state index in [0.29, 0.717) is 19.7 Å². The van der Waals surface area contributed by atoms with E-state index in [0.717, 1.165) is 43.7 Å². The summed E-state index contributed by atoms with van der Waals surface area (Å²) in [6.45, 7) is 6.53. The van der Waals surface area contributed by atoms with Gasteiger partial charge in [-0.25, -0.2) is 4.79 Å². The Morgan fingerprint density at radius 1 is 1.41 bits per heavy atom. The van der Waals surface area contributed by atoms with E-state index in [-0.39, 0.29) is 5.91 Å². The molecule has 1 N–H and O–H groups in total. The first-order chi connectivity index (χ1) is 10.6. The molecule has 1 aliphatic heterocycles. The molecule has 0 atom stereocenters. The number of ether oxygens (including phenoxy) is 1. The Kier molecular flexibility index (Phi) is 5.80. The fourth-order valence-corrected chi connectivity index (χ4v) is 2.40. The monoisotopic (exact) mass is 308 g/mol. The molecule has 1 aliphatic rings. The van der Waals surface area contributed by atoms with Crippen LogP contribution >= 0.6 is 0 Å². The first kappa shape index (κ1) is 16.3. The van der Waals surface area contributed by atoms with Crippen LogP contribution in [-0.2, 0) is 29.2 Å². The summed E-state index contributed by atoms with van der Waals surface area (Å²) >= 11 is 0. The van der Waals surface area contributed by atoms with Gasteiger partial charge in [0.2, 0.25) is 5.91 Å². The molecule has 0 radical (unpaired) electrons. The van der Waals surface area contributed by atoms with Gasteiger partial charge in [-0.2, -0.15) is 5.10 Å². The van der Waals surface area contributed by atoms with Crippen LogP contribution < -0.4 is 5.32 Å². The molecule has 0 aromatic carbocycles. The van der Waals surface area contributed by atoms with Crippen molar-refractivity contribution < 1.29 is 14.3 Å². The predicted octanol–water partition coefficient (Wildman–Crippen LogP) is 1.66. The number of aromatic nitrogens is 2. The first-order valence-electron chi connectivity index (χ1n) is 7.82. The molecular formula is C15H24N4O3. The maximum absolute atomic E-state index is 11.5. The number of aryl methyl sites for hydroxylation is 1. The number of fused-ring (bicyclic) bond motifs is 1. The minimum Gasteiger partial charge on any atom is -0.450 e. The quantitative estimate of drug-likeness (QED) is 0.839. The van der Waals surface area contributed by atoms with Gasteiger partial charge in [-0.3, -0.25) is 9.48 Å². The number of nitrogens with one attached hydrogen (secondary N) is 1. The van der Waals surface area contributed by atoms with Gasteiger partial charge in [0.25, 0.3) is 0 Å². The molecule has 2 amide bonds. The van der Waals surface area contributed by atoms with Crippen molar-refractivity contribution in [2.75, 3.05) is 13.2 Å². The third-order valence-electron chi connectivity index (χ3n) is 3.65. The second-order valence-electron chi connectivity index (χ2n) is 5.49. The number of unbranched alkanes of at least 4 members (excludes halogenated alkanes) is 1. The van der Waals surface area contributed by atoms with Gasteiger partial charge in [-0.05, 0) is 18.9 Å². The number of alkyl carbamates (subject to hydrolysis) is 1. The number of hydrogen-bond acceptors (Lipinski definition) is 4. The van der Waals surface area contributed by atoms with E-state index in [9.17, 15) is 9.59 Å². The Morgan fingerprint density at radius 3 is 2.95 bits per heavy atom. The van der Waals surface area contributed by atoms with Gasteiger partial charge in [-0.1, -0.05) is 13.3 Å². The van der Waals surface area contributed by atoms with Crippen LogP contribution in [0.2, 0.25) is 0 Å². The minimum atomic E-state index is -0.415. The number of nitrogens with zero attached hydrogens (tertiary/aromatic N) is 3. The smallest absolute Gasteiger partial charge is 0.407 e. The van der Waals surface area contributed by atoms with Crippen molar-refractivity contribution in [2.24, 2.45) is 0 Å². The van der Waals surface area contributed by atoms with Crippen molar-refractivity contribution in [3.63, 3.8) is 0 Å². The zero-order valence-corrected chi connectivity index (χ0v) is 13.3. The van der Waals surface area contributed by atoms with Crippen LogP contribution in [0, 0.1) is 0 Å². The molecule has 1 aromatic heterocycles. The van der Waals surface area contributed by atoms with Crippen LogP contribution in [0.25, 0.3) is 0 Å². The predicted molar refractivity (Wildman–Crippen MR) is 81.0 cm³/mol. The van der Waals surface area contributed by atoms with Crippen molar-refractivity contribution in [1.82, 2.24) is 20.0 Å². The van der Waals surface area contributed by atoms with Crippen LogP contribution in [0.3, 0.4) is 0 Å².